The number of carboxylic acids is 1. The van der Waals surface area contributed by atoms with Crippen LogP contribution in [-0.2, 0) is 25.2 Å². The van der Waals surface area contributed by atoms with Gasteiger partial charge in [-0.05, 0) is 69.9 Å². The van der Waals surface area contributed by atoms with Gasteiger partial charge in [0, 0.05) is 11.5 Å². The number of unbranched alkanes of at least 4 members (excludes halogenated alkanes) is 2. The van der Waals surface area contributed by atoms with Crippen LogP contribution >= 0.6 is 0 Å². The maximum absolute atomic E-state index is 15.3. The van der Waals surface area contributed by atoms with E-state index in [9.17, 15) is 19.8 Å². The fourth-order valence-electron chi connectivity index (χ4n) is 8.28. The van der Waals surface area contributed by atoms with E-state index in [1.807, 2.05) is 45.9 Å². The molecule has 1 aromatic carbocycles. The highest BCUT2D eigenvalue weighted by atomic mass is 28.4. The lowest BCUT2D eigenvalue weighted by Gasteiger charge is -2.61. The Morgan fingerprint density at radius 1 is 1.12 bits per heavy atom. The topological polar surface area (TPSA) is 153 Å². The first-order valence-corrected chi connectivity index (χ1v) is 21.0. The molecule has 4 aliphatic rings. The number of aliphatic hydroxyl groups excluding tert-OH is 1. The van der Waals surface area contributed by atoms with E-state index in [4.69, 9.17) is 23.5 Å². The highest BCUT2D eigenvalue weighted by Gasteiger charge is 2.73. The SMILES string of the molecule is CCCCOC1=NOC2C1C(=O)[C@@]1(O[Si](C)(C)C(C)(C)C)C(O)C3C(=O)c4c(c(OC)cc(C(=O)O)c4OCCCC)C[C@H]3C[C@H]1[C@@H]2N(C)C. The molecule has 0 amide bonds. The highest BCUT2D eigenvalue weighted by molar-refractivity contribution is 6.74. The number of aliphatic hydroxyl groups is 1. The molecule has 278 valence electrons. The molecule has 12 nitrogen and oxygen atoms in total. The van der Waals surface area contributed by atoms with Crippen molar-refractivity contribution < 1.29 is 48.1 Å². The Hall–Kier alpha value is -3.00. The summed E-state index contributed by atoms with van der Waals surface area (Å²) in [6.07, 6.45) is 1.57. The first-order valence-electron chi connectivity index (χ1n) is 18.1. The van der Waals surface area contributed by atoms with E-state index in [0.717, 1.165) is 19.3 Å². The minimum absolute atomic E-state index is 0.0250. The van der Waals surface area contributed by atoms with Crippen LogP contribution in [0, 0.1) is 23.7 Å². The fraction of sp³-hybridized carbons (Fsp3) is 0.730. The minimum Gasteiger partial charge on any atom is -0.496 e. The Labute approximate surface area is 296 Å². The lowest BCUT2D eigenvalue weighted by molar-refractivity contribution is -0.209. The number of ether oxygens (including phenoxy) is 3. The smallest absolute Gasteiger partial charge is 0.339 e. The van der Waals surface area contributed by atoms with Crippen LogP contribution in [0.15, 0.2) is 11.2 Å². The maximum atomic E-state index is 15.3. The largest absolute Gasteiger partial charge is 0.496 e. The van der Waals surface area contributed by atoms with Crippen molar-refractivity contribution >= 4 is 31.8 Å². The second-order valence-electron chi connectivity index (χ2n) is 16.1. The lowest BCUT2D eigenvalue weighted by atomic mass is 9.51. The average molecular weight is 717 g/mol. The van der Waals surface area contributed by atoms with Crippen LogP contribution in [0.4, 0.5) is 0 Å². The molecular weight excluding hydrogens is 660 g/mol. The zero-order valence-corrected chi connectivity index (χ0v) is 32.3. The molecule has 0 aromatic heterocycles. The fourth-order valence-corrected chi connectivity index (χ4v) is 9.80. The Kier molecular flexibility index (Phi) is 10.9. The van der Waals surface area contributed by atoms with E-state index in [0.29, 0.717) is 31.4 Å². The lowest BCUT2D eigenvalue weighted by Crippen LogP contribution is -2.78. The van der Waals surface area contributed by atoms with Crippen LogP contribution in [0.5, 0.6) is 11.5 Å². The van der Waals surface area contributed by atoms with Crippen LogP contribution in [0.1, 0.15) is 93.0 Å². The van der Waals surface area contributed by atoms with Gasteiger partial charge in [0.15, 0.2) is 26.0 Å². The summed E-state index contributed by atoms with van der Waals surface area (Å²) in [6.45, 7) is 14.9. The number of benzene rings is 1. The van der Waals surface area contributed by atoms with Gasteiger partial charge in [-0.3, -0.25) is 9.59 Å². The van der Waals surface area contributed by atoms with E-state index in [1.165, 1.54) is 13.2 Å². The third-order valence-electron chi connectivity index (χ3n) is 11.8. The molecule has 4 unspecified atom stereocenters. The number of nitrogens with zero attached hydrogens (tertiary/aromatic N) is 2. The summed E-state index contributed by atoms with van der Waals surface area (Å²) in [5.74, 6) is -4.67. The van der Waals surface area contributed by atoms with E-state index in [2.05, 4.69) is 25.9 Å². The van der Waals surface area contributed by atoms with Gasteiger partial charge in [-0.15, -0.1) is 0 Å². The second kappa shape index (κ2) is 14.2. The van der Waals surface area contributed by atoms with Gasteiger partial charge in [0.2, 0.25) is 5.90 Å². The molecule has 0 bridgehead atoms. The summed E-state index contributed by atoms with van der Waals surface area (Å²) in [7, 11) is 2.46. The zero-order chi connectivity index (χ0) is 36.9. The quantitative estimate of drug-likeness (QED) is 0.213. The molecule has 5 rings (SSSR count). The number of oxime groups is 1. The van der Waals surface area contributed by atoms with Gasteiger partial charge in [-0.2, -0.15) is 0 Å². The minimum atomic E-state index is -2.83. The number of aromatic carboxylic acids is 1. The number of carbonyl (C=O) groups is 3. The number of fused-ring (bicyclic) bond motifs is 4. The van der Waals surface area contributed by atoms with Crippen molar-refractivity contribution in [1.29, 1.82) is 0 Å². The van der Waals surface area contributed by atoms with E-state index < -0.39 is 67.6 Å². The molecule has 1 aliphatic heterocycles. The molecule has 8 atom stereocenters. The van der Waals surface area contributed by atoms with Crippen molar-refractivity contribution in [2.24, 2.45) is 28.8 Å². The molecule has 1 heterocycles. The number of carboxylic acid groups (broad SMARTS) is 1. The molecule has 0 radical (unpaired) electrons. The van der Waals surface area contributed by atoms with Gasteiger partial charge in [0.1, 0.15) is 28.6 Å². The van der Waals surface area contributed by atoms with Crippen LogP contribution in [-0.4, -0.2) is 105 Å². The molecule has 2 N–H and O–H groups in total. The summed E-state index contributed by atoms with van der Waals surface area (Å²) in [6, 6.07) is 0.996. The van der Waals surface area contributed by atoms with Crippen molar-refractivity contribution in [3.63, 3.8) is 0 Å². The van der Waals surface area contributed by atoms with E-state index >= 15 is 4.79 Å². The molecule has 13 heteroatoms. The molecule has 50 heavy (non-hydrogen) atoms. The standard InChI is InChI=1S/C37H56N2O10Si/c1-11-13-15-46-30-22(35(43)44)19-24(45-8)21-17-20-18-23-28(39(6)7)31-27(34(38-48-31)47-16-14-12-2)33(42)37(23,49-50(9,10)36(3,4)5)32(41)25(20)29(40)26(21)30/h19-20,23,25,27-28,31-32,41H,11-18H2,1-10H3,(H,43,44)/t20-,23-,25?,27?,28-,31?,32?,37-/m0/s1. The number of ketones is 2. The first-order chi connectivity index (χ1) is 23.5. The van der Waals surface area contributed by atoms with Crippen molar-refractivity contribution in [1.82, 2.24) is 4.90 Å². The molecule has 1 aromatic rings. The summed E-state index contributed by atoms with van der Waals surface area (Å²) in [4.78, 5) is 50.9. The van der Waals surface area contributed by atoms with Gasteiger partial charge in [0.05, 0.1) is 44.0 Å². The normalized spacial score (nSPS) is 30.5. The van der Waals surface area contributed by atoms with Crippen molar-refractivity contribution in [3.05, 3.63) is 22.8 Å². The zero-order valence-electron chi connectivity index (χ0n) is 31.3. The Balaban J connectivity index is 1.72. The predicted molar refractivity (Wildman–Crippen MR) is 190 cm³/mol. The van der Waals surface area contributed by atoms with Gasteiger partial charge >= 0.3 is 5.97 Å². The van der Waals surface area contributed by atoms with E-state index in [-0.39, 0.29) is 46.0 Å². The van der Waals surface area contributed by atoms with Crippen LogP contribution in [0.2, 0.25) is 18.1 Å². The van der Waals surface area contributed by atoms with Crippen LogP contribution in [0.25, 0.3) is 0 Å². The van der Waals surface area contributed by atoms with Crippen LogP contribution < -0.4 is 9.47 Å². The second-order valence-corrected chi connectivity index (χ2v) is 20.8. The third kappa shape index (κ3) is 6.15. The monoisotopic (exact) mass is 716 g/mol. The third-order valence-corrected chi connectivity index (χ3v) is 16.3. The number of rotatable bonds is 12. The number of carbonyl (C=O) groups excluding carboxylic acids is 2. The van der Waals surface area contributed by atoms with Crippen molar-refractivity contribution in [3.8, 4) is 11.5 Å². The van der Waals surface area contributed by atoms with Crippen molar-refractivity contribution in [2.45, 2.75) is 115 Å². The Bertz CT molecular complexity index is 1520. The van der Waals surface area contributed by atoms with E-state index in [1.54, 1.807) is 0 Å². The molecule has 3 aliphatic carbocycles. The molecule has 2 fully saturated rings. The van der Waals surface area contributed by atoms with Crippen molar-refractivity contribution in [2.75, 3.05) is 34.4 Å². The number of methoxy groups -OCH3 is 1. The van der Waals surface area contributed by atoms with Gasteiger partial charge in [-0.1, -0.05) is 52.6 Å². The summed E-state index contributed by atoms with van der Waals surface area (Å²) in [5, 5.41) is 27.1. The molecule has 0 saturated heterocycles. The predicted octanol–water partition coefficient (Wildman–Crippen LogP) is 5.34. The number of likely N-dealkylation sites (N-methyl/N-ethyl adjacent to an activating group) is 1. The average Bonchev–Trinajstić information content (AvgIpc) is 3.44. The van der Waals surface area contributed by atoms with Gasteiger partial charge < -0.3 is 38.6 Å². The summed E-state index contributed by atoms with van der Waals surface area (Å²) in [5.41, 5.74) is -1.34. The molecular formula is C37H56N2O10Si. The summed E-state index contributed by atoms with van der Waals surface area (Å²) >= 11 is 0. The number of Topliss-reactive ketones (excluding diaryl/α,β-unsaturated/α-hetero) is 2. The van der Waals surface area contributed by atoms with Crippen LogP contribution in [0.3, 0.4) is 0 Å². The molecule has 0 spiro atoms. The Morgan fingerprint density at radius 2 is 1.76 bits per heavy atom. The number of hydrogen-bond donors (Lipinski definition) is 2. The maximum Gasteiger partial charge on any atom is 0.339 e. The first kappa shape index (κ1) is 38.2. The Morgan fingerprint density at radius 3 is 2.32 bits per heavy atom. The van der Waals surface area contributed by atoms with Gasteiger partial charge in [0.25, 0.3) is 0 Å². The highest BCUT2D eigenvalue weighted by Crippen LogP contribution is 2.58. The number of hydrogen-bond acceptors (Lipinski definition) is 11. The van der Waals surface area contributed by atoms with Gasteiger partial charge in [-0.25, -0.2) is 4.79 Å². The summed E-state index contributed by atoms with van der Waals surface area (Å²) < 4.78 is 25.1. The molecule has 2 saturated carbocycles.